The molecule has 0 bridgehead atoms. The number of nitrogens with zero attached hydrogens (tertiary/aromatic N) is 1. The van der Waals surface area contributed by atoms with Gasteiger partial charge in [0.2, 0.25) is 0 Å². The zero-order valence-electron chi connectivity index (χ0n) is 8.37. The molecule has 0 aliphatic heterocycles. The van der Waals surface area contributed by atoms with Crippen LogP contribution in [0.4, 0.5) is 13.2 Å². The van der Waals surface area contributed by atoms with Gasteiger partial charge in [-0.3, -0.25) is 0 Å². The molecule has 1 saturated carbocycles. The third kappa shape index (κ3) is 2.74. The Morgan fingerprint density at radius 1 is 1.25 bits per heavy atom. The number of halogens is 3. The van der Waals surface area contributed by atoms with E-state index in [9.17, 15) is 13.2 Å². The summed E-state index contributed by atoms with van der Waals surface area (Å²) >= 11 is 0. The van der Waals surface area contributed by atoms with Crippen molar-refractivity contribution in [3.8, 4) is 0 Å². The van der Waals surface area contributed by atoms with Gasteiger partial charge in [0.15, 0.2) is 0 Å². The zero-order chi connectivity index (χ0) is 11.6. The minimum atomic E-state index is -4.36. The second kappa shape index (κ2) is 4.15. The van der Waals surface area contributed by atoms with Gasteiger partial charge in [0, 0.05) is 5.56 Å². The van der Waals surface area contributed by atoms with Gasteiger partial charge < -0.3 is 4.84 Å². The lowest BCUT2D eigenvalue weighted by Gasteiger charge is -2.08. The molecule has 0 N–H and O–H groups in total. The Bertz CT molecular complexity index is 396. The van der Waals surface area contributed by atoms with Crippen LogP contribution in [0.15, 0.2) is 29.4 Å². The van der Waals surface area contributed by atoms with Crippen LogP contribution in [0.2, 0.25) is 0 Å². The molecule has 0 amide bonds. The average Bonchev–Trinajstić information content (AvgIpc) is 3.01. The van der Waals surface area contributed by atoms with Crippen molar-refractivity contribution >= 4 is 6.21 Å². The van der Waals surface area contributed by atoms with E-state index in [1.54, 1.807) is 0 Å². The largest absolute Gasteiger partial charge is 0.417 e. The maximum absolute atomic E-state index is 12.5. The van der Waals surface area contributed by atoms with Crippen molar-refractivity contribution in [3.05, 3.63) is 35.4 Å². The van der Waals surface area contributed by atoms with Gasteiger partial charge in [-0.1, -0.05) is 23.4 Å². The standard InChI is InChI=1S/C11H10F3NO/c12-11(13,14)10-4-2-1-3-8(10)7-15-16-9-5-6-9/h1-4,7,9H,5-6H2. The molecule has 86 valence electrons. The van der Waals surface area contributed by atoms with Crippen LogP contribution in [0.25, 0.3) is 0 Å². The molecular weight excluding hydrogens is 219 g/mol. The van der Waals surface area contributed by atoms with E-state index in [2.05, 4.69) is 5.16 Å². The highest BCUT2D eigenvalue weighted by Gasteiger charge is 2.32. The number of hydrogen-bond acceptors (Lipinski definition) is 2. The topological polar surface area (TPSA) is 21.6 Å². The maximum Gasteiger partial charge on any atom is 0.417 e. The summed E-state index contributed by atoms with van der Waals surface area (Å²) in [5.41, 5.74) is -0.672. The summed E-state index contributed by atoms with van der Waals surface area (Å²) in [6, 6.07) is 5.27. The monoisotopic (exact) mass is 229 g/mol. The quantitative estimate of drug-likeness (QED) is 0.576. The Labute approximate surface area is 90.7 Å². The van der Waals surface area contributed by atoms with Gasteiger partial charge in [0.05, 0.1) is 11.8 Å². The number of oxime groups is 1. The third-order valence-corrected chi connectivity index (χ3v) is 2.19. The summed E-state index contributed by atoms with van der Waals surface area (Å²) in [5, 5.41) is 3.55. The lowest BCUT2D eigenvalue weighted by Crippen LogP contribution is -2.08. The first-order valence-corrected chi connectivity index (χ1v) is 4.93. The molecule has 5 heteroatoms. The lowest BCUT2D eigenvalue weighted by molar-refractivity contribution is -0.137. The van der Waals surface area contributed by atoms with E-state index < -0.39 is 11.7 Å². The molecular formula is C11H10F3NO. The van der Waals surface area contributed by atoms with Crippen molar-refractivity contribution in [1.82, 2.24) is 0 Å². The molecule has 2 nitrogen and oxygen atoms in total. The Kier molecular flexibility index (Phi) is 2.85. The second-order valence-corrected chi connectivity index (χ2v) is 3.62. The summed E-state index contributed by atoms with van der Waals surface area (Å²) in [7, 11) is 0. The molecule has 1 aliphatic rings. The molecule has 1 aliphatic carbocycles. The number of rotatable bonds is 3. The first kappa shape index (κ1) is 11.0. The third-order valence-electron chi connectivity index (χ3n) is 2.19. The summed E-state index contributed by atoms with van der Waals surface area (Å²) in [6.07, 6.45) is -1.30. The SMILES string of the molecule is FC(F)(F)c1ccccc1C=NOC1CC1. The van der Waals surface area contributed by atoms with E-state index in [-0.39, 0.29) is 11.7 Å². The fraction of sp³-hybridized carbons (Fsp3) is 0.364. The van der Waals surface area contributed by atoms with Crippen LogP contribution in [0.5, 0.6) is 0 Å². The first-order valence-electron chi connectivity index (χ1n) is 4.93. The molecule has 2 rings (SSSR count). The Morgan fingerprint density at radius 3 is 2.56 bits per heavy atom. The Hall–Kier alpha value is -1.52. The van der Waals surface area contributed by atoms with Crippen LogP contribution in [-0.2, 0) is 11.0 Å². The summed E-state index contributed by atoms with van der Waals surface area (Å²) in [4.78, 5) is 4.93. The highest BCUT2D eigenvalue weighted by molar-refractivity contribution is 5.81. The number of hydrogen-bond donors (Lipinski definition) is 0. The van der Waals surface area contributed by atoms with Crippen molar-refractivity contribution in [2.24, 2.45) is 5.16 Å². The molecule has 0 atom stereocenters. The highest BCUT2D eigenvalue weighted by Crippen LogP contribution is 2.31. The minimum Gasteiger partial charge on any atom is -0.392 e. The molecule has 0 aromatic heterocycles. The van der Waals surface area contributed by atoms with Crippen molar-refractivity contribution in [2.75, 3.05) is 0 Å². The molecule has 0 saturated heterocycles. The van der Waals surface area contributed by atoms with Crippen LogP contribution in [-0.4, -0.2) is 12.3 Å². The van der Waals surface area contributed by atoms with E-state index in [4.69, 9.17) is 4.84 Å². The normalized spacial score (nSPS) is 16.7. The zero-order valence-corrected chi connectivity index (χ0v) is 8.37. The summed E-state index contributed by atoms with van der Waals surface area (Å²) in [5.74, 6) is 0. The number of alkyl halides is 3. The highest BCUT2D eigenvalue weighted by atomic mass is 19.4. The van der Waals surface area contributed by atoms with Gasteiger partial charge >= 0.3 is 6.18 Å². The second-order valence-electron chi connectivity index (χ2n) is 3.62. The molecule has 0 radical (unpaired) electrons. The molecule has 1 aromatic carbocycles. The maximum atomic E-state index is 12.5. The van der Waals surface area contributed by atoms with Gasteiger partial charge in [-0.15, -0.1) is 0 Å². The van der Waals surface area contributed by atoms with Crippen LogP contribution >= 0.6 is 0 Å². The Morgan fingerprint density at radius 2 is 1.94 bits per heavy atom. The van der Waals surface area contributed by atoms with E-state index in [1.807, 2.05) is 0 Å². The fourth-order valence-corrected chi connectivity index (χ4v) is 1.21. The van der Waals surface area contributed by atoms with Crippen LogP contribution < -0.4 is 0 Å². The van der Waals surface area contributed by atoms with Crippen molar-refractivity contribution in [3.63, 3.8) is 0 Å². The van der Waals surface area contributed by atoms with Gasteiger partial charge in [0.25, 0.3) is 0 Å². The first-order chi connectivity index (χ1) is 7.57. The average molecular weight is 229 g/mol. The molecule has 16 heavy (non-hydrogen) atoms. The molecule has 0 heterocycles. The Balaban J connectivity index is 2.15. The van der Waals surface area contributed by atoms with Crippen molar-refractivity contribution in [2.45, 2.75) is 25.1 Å². The van der Waals surface area contributed by atoms with Crippen LogP contribution in [0, 0.1) is 0 Å². The molecule has 0 spiro atoms. The van der Waals surface area contributed by atoms with Gasteiger partial charge in [-0.25, -0.2) is 0 Å². The molecule has 1 fully saturated rings. The van der Waals surface area contributed by atoms with Gasteiger partial charge in [-0.2, -0.15) is 13.2 Å². The predicted octanol–water partition coefficient (Wildman–Crippen LogP) is 3.22. The van der Waals surface area contributed by atoms with E-state index in [0.29, 0.717) is 0 Å². The lowest BCUT2D eigenvalue weighted by atomic mass is 10.1. The van der Waals surface area contributed by atoms with Crippen LogP contribution in [0.3, 0.4) is 0 Å². The van der Waals surface area contributed by atoms with Crippen molar-refractivity contribution < 1.29 is 18.0 Å². The van der Waals surface area contributed by atoms with Gasteiger partial charge in [0.1, 0.15) is 6.10 Å². The summed E-state index contributed by atoms with van der Waals surface area (Å²) in [6.45, 7) is 0. The van der Waals surface area contributed by atoms with E-state index >= 15 is 0 Å². The molecule has 0 unspecified atom stereocenters. The summed E-state index contributed by atoms with van der Waals surface area (Å²) < 4.78 is 37.6. The smallest absolute Gasteiger partial charge is 0.392 e. The minimum absolute atomic E-state index is 0.0238. The number of benzene rings is 1. The fourth-order valence-electron chi connectivity index (χ4n) is 1.21. The molecule has 1 aromatic rings. The van der Waals surface area contributed by atoms with E-state index in [1.165, 1.54) is 18.2 Å². The van der Waals surface area contributed by atoms with E-state index in [0.717, 1.165) is 25.1 Å². The predicted molar refractivity (Wildman–Crippen MR) is 53.1 cm³/mol. The van der Waals surface area contributed by atoms with Crippen molar-refractivity contribution in [1.29, 1.82) is 0 Å². The van der Waals surface area contributed by atoms with Gasteiger partial charge in [-0.05, 0) is 18.9 Å². The van der Waals surface area contributed by atoms with Crippen LogP contribution in [0.1, 0.15) is 24.0 Å².